The van der Waals surface area contributed by atoms with Gasteiger partial charge in [-0.15, -0.1) is 0 Å². The molecular weight excluding hydrogens is 1770 g/mol. The molecule has 8 nitrogen and oxygen atoms in total. The van der Waals surface area contributed by atoms with Crippen LogP contribution in [0.5, 0.6) is 0 Å². The SMILES string of the molecule is c1ccc(-c2ccc(-n3c4ccccc4c4cc5c6ccccc6n(-c6ccc(-c7ccccc7)cc6)c5cc43)cc2)cc1.c1ccc(-n2c3ccccc3c3cc(-c4ccc5c(c4)c4cc6c7ccccc7n(-c7ccccc7)c6cc4n5-c4ccccc4)ccc32)cc1.c1ccc(-n2c3ccccc3c3cc(-c4ccc5c(c4)c4ccc6c7ccccc7n(-c7ccccc7)c6c4n5-c4ccccc4)ccc32)cc1. The van der Waals surface area contributed by atoms with Gasteiger partial charge in [0.2, 0.25) is 0 Å². The van der Waals surface area contributed by atoms with E-state index in [2.05, 4.69) is 583 Å². The molecule has 8 aromatic heterocycles. The lowest BCUT2D eigenvalue weighted by atomic mass is 10.00. The highest BCUT2D eigenvalue weighted by Gasteiger charge is 2.27. The number of para-hydroxylation sites is 12. The lowest BCUT2D eigenvalue weighted by Gasteiger charge is -2.12. The molecule has 0 atom stereocenters. The summed E-state index contributed by atoms with van der Waals surface area (Å²) < 4.78 is 19.3. The van der Waals surface area contributed by atoms with Crippen LogP contribution in [0, 0.1) is 0 Å². The number of fused-ring (bicyclic) bond motifs is 25. The van der Waals surface area contributed by atoms with E-state index in [4.69, 9.17) is 0 Å². The molecule has 0 spiro atoms. The van der Waals surface area contributed by atoms with E-state index < -0.39 is 0 Å². The molecule has 8 heterocycles. The Kier molecular flexibility index (Phi) is 19.5. The molecule has 0 aliphatic heterocycles. The monoisotopic (exact) mass is 1860 g/mol. The summed E-state index contributed by atoms with van der Waals surface area (Å²) in [6.45, 7) is 0. The predicted octanol–water partition coefficient (Wildman–Crippen LogP) is 36.5. The highest BCUT2D eigenvalue weighted by atomic mass is 15.1. The van der Waals surface area contributed by atoms with Crippen LogP contribution in [0.25, 0.3) is 264 Å². The molecule has 0 saturated carbocycles. The number of hydrogen-bond acceptors (Lipinski definition) is 0. The topological polar surface area (TPSA) is 39.4 Å². The van der Waals surface area contributed by atoms with Crippen molar-refractivity contribution in [2.45, 2.75) is 0 Å². The highest BCUT2D eigenvalue weighted by Crippen LogP contribution is 2.49. The van der Waals surface area contributed by atoms with Crippen molar-refractivity contribution >= 4 is 174 Å². The molecule has 0 N–H and O–H groups in total. The average Bonchev–Trinajstić information content (AvgIpc) is 1.55. The number of rotatable bonds is 12. The van der Waals surface area contributed by atoms with Gasteiger partial charge in [-0.05, 0) is 251 Å². The minimum Gasteiger partial charge on any atom is -0.309 e. The Morgan fingerprint density at radius 1 is 0.0822 bits per heavy atom. The van der Waals surface area contributed by atoms with Crippen molar-refractivity contribution in [2.24, 2.45) is 0 Å². The fourth-order valence-corrected chi connectivity index (χ4v) is 23.7. The van der Waals surface area contributed by atoms with Crippen molar-refractivity contribution in [3.05, 3.63) is 546 Å². The van der Waals surface area contributed by atoms with Crippen LogP contribution in [0.15, 0.2) is 546 Å². The third-order valence-electron chi connectivity index (χ3n) is 30.1. The van der Waals surface area contributed by atoms with Gasteiger partial charge in [-0.25, -0.2) is 0 Å². The van der Waals surface area contributed by atoms with Gasteiger partial charge in [-0.1, -0.05) is 340 Å². The van der Waals surface area contributed by atoms with E-state index in [0.717, 1.165) is 34.1 Å². The molecule has 23 aromatic carbocycles. The van der Waals surface area contributed by atoms with Gasteiger partial charge in [0.1, 0.15) is 0 Å². The second-order valence-corrected chi connectivity index (χ2v) is 38.2. The second kappa shape index (κ2) is 34.2. The van der Waals surface area contributed by atoms with Crippen molar-refractivity contribution < 1.29 is 0 Å². The maximum absolute atomic E-state index is 2.46. The molecule has 0 aliphatic carbocycles. The fraction of sp³-hybridized carbons (Fsp3) is 0. The molecule has 146 heavy (non-hydrogen) atoms. The lowest BCUT2D eigenvalue weighted by Crippen LogP contribution is -1.98. The molecule has 31 aromatic rings. The molecule has 0 bridgehead atoms. The van der Waals surface area contributed by atoms with Gasteiger partial charge in [0.25, 0.3) is 0 Å². The molecule has 0 saturated heterocycles. The minimum absolute atomic E-state index is 1.15. The molecule has 682 valence electrons. The van der Waals surface area contributed by atoms with Gasteiger partial charge in [0.05, 0.1) is 88.3 Å². The van der Waals surface area contributed by atoms with E-state index in [9.17, 15) is 0 Å². The summed E-state index contributed by atoms with van der Waals surface area (Å²) in [5, 5.41) is 20.1. The largest absolute Gasteiger partial charge is 0.309 e. The van der Waals surface area contributed by atoms with E-state index in [0.29, 0.717) is 0 Å². The Morgan fingerprint density at radius 3 is 0.527 bits per heavy atom. The van der Waals surface area contributed by atoms with Crippen LogP contribution < -0.4 is 0 Å². The van der Waals surface area contributed by atoms with Gasteiger partial charge in [-0.3, -0.25) is 0 Å². The summed E-state index contributed by atoms with van der Waals surface area (Å²) in [4.78, 5) is 0. The fourth-order valence-electron chi connectivity index (χ4n) is 23.7. The Hall–Kier alpha value is -19.5. The average molecular weight is 1860 g/mol. The van der Waals surface area contributed by atoms with Crippen LogP contribution in [0.3, 0.4) is 0 Å². The van der Waals surface area contributed by atoms with Crippen LogP contribution in [0.2, 0.25) is 0 Å². The molecular formula is C138H90N8. The molecule has 0 radical (unpaired) electrons. The number of aromatic nitrogens is 8. The Bertz CT molecular complexity index is 10400. The van der Waals surface area contributed by atoms with Gasteiger partial charge in [-0.2, -0.15) is 0 Å². The first kappa shape index (κ1) is 83.4. The Balaban J connectivity index is 0.000000104. The minimum atomic E-state index is 1.15. The van der Waals surface area contributed by atoms with Crippen LogP contribution in [-0.4, -0.2) is 36.5 Å². The van der Waals surface area contributed by atoms with Crippen molar-refractivity contribution in [2.75, 3.05) is 0 Å². The van der Waals surface area contributed by atoms with Crippen LogP contribution in [0.4, 0.5) is 0 Å². The molecule has 0 amide bonds. The standard InChI is InChI=1S/2C48H31N3.C42H28N2/c1-4-14-34(15-5-1)49-43-22-12-11-21-38(43)41-30-32(24-28-45(41)49)33-25-29-46-42(31-33)40-27-26-39-37-20-10-13-23-44(37)50(35-16-6-2-7-17-35)47(39)48(40)51(46)36-18-8-3-9-19-36;1-4-14-34(15-5-1)49-43-22-12-10-20-37(43)39-28-32(24-26-45(39)49)33-25-27-46-40(29-33)42-30-41-38-21-11-13-23-44(38)50(35-16-6-2-7-17-35)47(41)31-48(42)51(46)36-18-8-3-9-19-36;1-3-11-29(12-4-1)31-19-23-33(24-20-31)43-39-17-9-7-15-35(39)37-27-38-36-16-8-10-18-40(36)44(42(38)28-41(37)43)34-25-21-32(22-26-34)30-13-5-2-6-14-30/h2*1-31H;1-28H. The van der Waals surface area contributed by atoms with E-state index >= 15 is 0 Å². The highest BCUT2D eigenvalue weighted by molar-refractivity contribution is 6.26. The molecule has 8 heteroatoms. The number of benzene rings is 23. The zero-order valence-corrected chi connectivity index (χ0v) is 79.5. The quantitative estimate of drug-likeness (QED) is 0.117. The third kappa shape index (κ3) is 13.5. The van der Waals surface area contributed by atoms with Crippen LogP contribution >= 0.6 is 0 Å². The first-order chi connectivity index (χ1) is 72.5. The van der Waals surface area contributed by atoms with E-state index in [-0.39, 0.29) is 0 Å². The summed E-state index contributed by atoms with van der Waals surface area (Å²) >= 11 is 0. The summed E-state index contributed by atoms with van der Waals surface area (Å²) in [5.41, 5.74) is 38.4. The summed E-state index contributed by atoms with van der Waals surface area (Å²) in [5.74, 6) is 0. The number of hydrogen-bond donors (Lipinski definition) is 0. The van der Waals surface area contributed by atoms with Gasteiger partial charge < -0.3 is 36.5 Å². The summed E-state index contributed by atoms with van der Waals surface area (Å²) in [7, 11) is 0. The van der Waals surface area contributed by atoms with Crippen molar-refractivity contribution in [1.29, 1.82) is 0 Å². The van der Waals surface area contributed by atoms with Gasteiger partial charge in [0, 0.05) is 132 Å². The first-order valence-corrected chi connectivity index (χ1v) is 50.2. The maximum atomic E-state index is 2.46. The Morgan fingerprint density at radius 2 is 0.247 bits per heavy atom. The smallest absolute Gasteiger partial charge is 0.0788 e. The second-order valence-electron chi connectivity index (χ2n) is 38.2. The van der Waals surface area contributed by atoms with Crippen LogP contribution in [-0.2, 0) is 0 Å². The normalized spacial score (nSPS) is 11.8. The molecule has 0 aliphatic rings. The van der Waals surface area contributed by atoms with E-state index in [1.54, 1.807) is 0 Å². The van der Waals surface area contributed by atoms with E-state index in [1.165, 1.54) is 230 Å². The summed E-state index contributed by atoms with van der Waals surface area (Å²) in [6.07, 6.45) is 0. The zero-order valence-electron chi connectivity index (χ0n) is 79.5. The summed E-state index contributed by atoms with van der Waals surface area (Å²) in [6, 6.07) is 198. The van der Waals surface area contributed by atoms with Gasteiger partial charge in [0.15, 0.2) is 0 Å². The first-order valence-electron chi connectivity index (χ1n) is 50.2. The van der Waals surface area contributed by atoms with Crippen molar-refractivity contribution in [3.63, 3.8) is 0 Å². The van der Waals surface area contributed by atoms with Gasteiger partial charge >= 0.3 is 0 Å². The predicted molar refractivity (Wildman–Crippen MR) is 616 cm³/mol. The lowest BCUT2D eigenvalue weighted by molar-refractivity contribution is 1.15. The molecule has 0 unspecified atom stereocenters. The Labute approximate surface area is 841 Å². The molecule has 0 fully saturated rings. The zero-order chi connectivity index (χ0) is 96.0. The number of nitrogens with zero attached hydrogens (tertiary/aromatic N) is 8. The van der Waals surface area contributed by atoms with E-state index in [1.807, 2.05) is 0 Å². The molecule has 31 rings (SSSR count). The maximum Gasteiger partial charge on any atom is 0.0788 e. The third-order valence-corrected chi connectivity index (χ3v) is 30.1. The van der Waals surface area contributed by atoms with Crippen LogP contribution in [0.1, 0.15) is 0 Å². The van der Waals surface area contributed by atoms with Crippen molar-refractivity contribution in [1.82, 2.24) is 36.5 Å². The van der Waals surface area contributed by atoms with Crippen molar-refractivity contribution in [3.8, 4) is 90.0 Å².